The molecule has 1 aliphatic heterocycles. The molecule has 0 saturated carbocycles. The zero-order valence-corrected chi connectivity index (χ0v) is 16.8. The van der Waals surface area contributed by atoms with Gasteiger partial charge in [-0.15, -0.1) is 0 Å². The predicted octanol–water partition coefficient (Wildman–Crippen LogP) is 2.12. The second-order valence-corrected chi connectivity index (χ2v) is 6.50. The van der Waals surface area contributed by atoms with Crippen LogP contribution in [0, 0.1) is 0 Å². The average molecular weight is 401 g/mol. The zero-order valence-electron chi connectivity index (χ0n) is 16.8. The van der Waals surface area contributed by atoms with E-state index in [9.17, 15) is 9.59 Å². The van der Waals surface area contributed by atoms with Gasteiger partial charge < -0.3 is 29.0 Å². The monoisotopic (exact) mass is 401 g/mol. The molecule has 2 heterocycles. The van der Waals surface area contributed by atoms with E-state index in [-0.39, 0.29) is 18.0 Å². The first-order valence-corrected chi connectivity index (χ1v) is 9.84. The summed E-state index contributed by atoms with van der Waals surface area (Å²) in [4.78, 5) is 26.6. The maximum atomic E-state index is 12.6. The topological polar surface area (TPSA) is 82.0 Å². The van der Waals surface area contributed by atoms with E-state index in [0.29, 0.717) is 43.6 Å². The highest BCUT2D eigenvalue weighted by molar-refractivity contribution is 5.93. The van der Waals surface area contributed by atoms with Crippen molar-refractivity contribution in [2.45, 2.75) is 20.4 Å². The minimum Gasteiger partial charge on any atom is -0.492 e. The van der Waals surface area contributed by atoms with E-state index >= 15 is 0 Å². The number of carbonyl (C=O) groups is 1. The third-order valence-corrected chi connectivity index (χ3v) is 4.50. The van der Waals surface area contributed by atoms with Crippen LogP contribution in [0.5, 0.6) is 11.5 Å². The summed E-state index contributed by atoms with van der Waals surface area (Å²) in [6.07, 6.45) is 1.58. The number of morpholine rings is 1. The molecule has 0 unspecified atom stereocenters. The van der Waals surface area contributed by atoms with Gasteiger partial charge in [-0.25, -0.2) is 0 Å². The van der Waals surface area contributed by atoms with Gasteiger partial charge in [0.15, 0.2) is 0 Å². The van der Waals surface area contributed by atoms with Crippen molar-refractivity contribution in [2.24, 2.45) is 0 Å². The Morgan fingerprint density at radius 2 is 1.83 bits per heavy atom. The molecular formula is C21H27N3O5. The smallest absolute Gasteiger partial charge is 0.250 e. The molecule has 8 heteroatoms. The molecule has 0 bridgehead atoms. The predicted molar refractivity (Wildman–Crippen MR) is 111 cm³/mol. The second kappa shape index (κ2) is 9.97. The van der Waals surface area contributed by atoms with Crippen molar-refractivity contribution in [1.29, 1.82) is 0 Å². The lowest BCUT2D eigenvalue weighted by Gasteiger charge is -2.31. The normalized spacial score (nSPS) is 13.8. The van der Waals surface area contributed by atoms with E-state index in [1.807, 2.05) is 19.9 Å². The number of ether oxygens (including phenoxy) is 3. The summed E-state index contributed by atoms with van der Waals surface area (Å²) in [5, 5.41) is 2.85. The van der Waals surface area contributed by atoms with E-state index < -0.39 is 0 Å². The number of hydrogen-bond acceptors (Lipinski definition) is 6. The summed E-state index contributed by atoms with van der Waals surface area (Å²) < 4.78 is 18.4. The molecule has 1 N–H and O–H groups in total. The summed E-state index contributed by atoms with van der Waals surface area (Å²) >= 11 is 0. The number of nitrogens with one attached hydrogen (secondary N) is 1. The number of hydrogen-bond donors (Lipinski definition) is 1. The number of nitrogens with zero attached hydrogens (tertiary/aromatic N) is 2. The van der Waals surface area contributed by atoms with Gasteiger partial charge in [0.05, 0.1) is 37.8 Å². The molecule has 29 heavy (non-hydrogen) atoms. The number of benzene rings is 1. The van der Waals surface area contributed by atoms with Crippen LogP contribution in [0.25, 0.3) is 0 Å². The molecule has 1 saturated heterocycles. The fraction of sp³-hybridized carbons (Fsp3) is 0.429. The van der Waals surface area contributed by atoms with Gasteiger partial charge in [-0.3, -0.25) is 9.59 Å². The Morgan fingerprint density at radius 3 is 2.52 bits per heavy atom. The molecule has 0 atom stereocenters. The Kier molecular flexibility index (Phi) is 7.13. The van der Waals surface area contributed by atoms with Crippen molar-refractivity contribution >= 4 is 17.3 Å². The minimum absolute atomic E-state index is 0.0829. The summed E-state index contributed by atoms with van der Waals surface area (Å²) in [6, 6.07) is 8.45. The van der Waals surface area contributed by atoms with Gasteiger partial charge in [0, 0.05) is 37.5 Å². The van der Waals surface area contributed by atoms with E-state index in [0.717, 1.165) is 18.8 Å². The Balaban J connectivity index is 1.87. The maximum Gasteiger partial charge on any atom is 0.250 e. The fourth-order valence-corrected chi connectivity index (χ4v) is 3.18. The van der Waals surface area contributed by atoms with Crippen molar-refractivity contribution in [3.8, 4) is 11.5 Å². The Hall–Kier alpha value is -3.00. The van der Waals surface area contributed by atoms with Gasteiger partial charge in [0.25, 0.3) is 5.56 Å². The molecule has 0 radical (unpaired) electrons. The number of pyridine rings is 1. The lowest BCUT2D eigenvalue weighted by Crippen LogP contribution is -2.36. The quantitative estimate of drug-likeness (QED) is 0.730. The highest BCUT2D eigenvalue weighted by Crippen LogP contribution is 2.39. The van der Waals surface area contributed by atoms with Gasteiger partial charge in [0.2, 0.25) is 5.91 Å². The molecule has 1 aromatic heterocycles. The minimum atomic E-state index is -0.319. The van der Waals surface area contributed by atoms with Gasteiger partial charge in [-0.1, -0.05) is 6.07 Å². The van der Waals surface area contributed by atoms with Crippen molar-refractivity contribution in [3.05, 3.63) is 46.9 Å². The fourth-order valence-electron chi connectivity index (χ4n) is 3.18. The SMILES string of the molecule is CCOc1cc(N2CCOCC2)c(OCC)cc1NC(=O)Cn1ccccc1=O. The molecule has 156 valence electrons. The van der Waals surface area contributed by atoms with Crippen LogP contribution in [0.1, 0.15) is 13.8 Å². The van der Waals surface area contributed by atoms with E-state index in [4.69, 9.17) is 14.2 Å². The molecule has 0 aliphatic carbocycles. The molecule has 3 rings (SSSR count). The van der Waals surface area contributed by atoms with Crippen molar-refractivity contribution in [2.75, 3.05) is 49.7 Å². The zero-order chi connectivity index (χ0) is 20.6. The molecule has 1 aromatic carbocycles. The Bertz CT molecular complexity index is 890. The lowest BCUT2D eigenvalue weighted by atomic mass is 10.2. The Morgan fingerprint density at radius 1 is 1.10 bits per heavy atom. The number of aromatic nitrogens is 1. The van der Waals surface area contributed by atoms with Gasteiger partial charge in [0.1, 0.15) is 18.0 Å². The third-order valence-electron chi connectivity index (χ3n) is 4.50. The third kappa shape index (κ3) is 5.29. The van der Waals surface area contributed by atoms with Gasteiger partial charge >= 0.3 is 0 Å². The first-order chi connectivity index (χ1) is 14.1. The highest BCUT2D eigenvalue weighted by atomic mass is 16.5. The molecule has 2 aromatic rings. The molecule has 1 aliphatic rings. The van der Waals surface area contributed by atoms with E-state index in [1.165, 1.54) is 10.6 Å². The van der Waals surface area contributed by atoms with Crippen LogP contribution < -0.4 is 25.2 Å². The summed E-state index contributed by atoms with van der Waals surface area (Å²) in [5.41, 5.74) is 1.20. The van der Waals surface area contributed by atoms with Crippen LogP contribution in [-0.4, -0.2) is 50.0 Å². The highest BCUT2D eigenvalue weighted by Gasteiger charge is 2.20. The van der Waals surface area contributed by atoms with Crippen LogP contribution in [0.4, 0.5) is 11.4 Å². The summed E-state index contributed by atoms with van der Waals surface area (Å²) in [6.45, 7) is 7.50. The van der Waals surface area contributed by atoms with Crippen LogP contribution >= 0.6 is 0 Å². The van der Waals surface area contributed by atoms with E-state index in [2.05, 4.69) is 10.2 Å². The molecular weight excluding hydrogens is 374 g/mol. The summed E-state index contributed by atoms with van der Waals surface area (Å²) in [5.74, 6) is 0.914. The summed E-state index contributed by atoms with van der Waals surface area (Å²) in [7, 11) is 0. The van der Waals surface area contributed by atoms with Crippen LogP contribution in [0.15, 0.2) is 41.3 Å². The molecule has 1 fully saturated rings. The maximum absolute atomic E-state index is 12.6. The van der Waals surface area contributed by atoms with Crippen LogP contribution in [0.2, 0.25) is 0 Å². The van der Waals surface area contributed by atoms with Gasteiger partial charge in [-0.05, 0) is 19.9 Å². The Labute approximate surface area is 170 Å². The van der Waals surface area contributed by atoms with Gasteiger partial charge in [-0.2, -0.15) is 0 Å². The lowest BCUT2D eigenvalue weighted by molar-refractivity contribution is -0.116. The van der Waals surface area contributed by atoms with Crippen LogP contribution in [0.3, 0.4) is 0 Å². The molecule has 8 nitrogen and oxygen atoms in total. The molecule has 1 amide bonds. The number of carbonyl (C=O) groups excluding carboxylic acids is 1. The first-order valence-electron chi connectivity index (χ1n) is 9.84. The molecule has 0 spiro atoms. The largest absolute Gasteiger partial charge is 0.492 e. The van der Waals surface area contributed by atoms with Crippen molar-refractivity contribution < 1.29 is 19.0 Å². The second-order valence-electron chi connectivity index (χ2n) is 6.50. The van der Waals surface area contributed by atoms with E-state index in [1.54, 1.807) is 24.4 Å². The number of amides is 1. The van der Waals surface area contributed by atoms with Crippen LogP contribution in [-0.2, 0) is 16.1 Å². The van der Waals surface area contributed by atoms with Crippen molar-refractivity contribution in [1.82, 2.24) is 4.57 Å². The first kappa shape index (κ1) is 20.7. The number of rotatable bonds is 8. The average Bonchev–Trinajstić information content (AvgIpc) is 2.72. The van der Waals surface area contributed by atoms with Crippen molar-refractivity contribution in [3.63, 3.8) is 0 Å². The number of anilines is 2. The standard InChI is InChI=1S/C21H27N3O5/c1-3-28-18-14-17(23-9-11-27-12-10-23)19(29-4-2)13-16(18)22-20(25)15-24-8-6-5-7-21(24)26/h5-8,13-14H,3-4,9-12,15H2,1-2H3,(H,22,25).